The lowest BCUT2D eigenvalue weighted by atomic mass is 10.0. The molecule has 0 spiro atoms. The molecule has 3 amide bonds. The van der Waals surface area contributed by atoms with E-state index in [2.05, 4.69) is 10.6 Å². The number of carboxylic acid groups (broad SMARTS) is 3. The molecule has 0 radical (unpaired) electrons. The number of hydrogen-bond donors (Lipinski definition) is 6. The Balaban J connectivity index is 2.15. The highest BCUT2D eigenvalue weighted by molar-refractivity contribution is 5.96. The van der Waals surface area contributed by atoms with E-state index in [4.69, 9.17) is 10.8 Å². The number of likely N-dealkylation sites (tertiary alicyclic amines) is 1. The van der Waals surface area contributed by atoms with Gasteiger partial charge in [-0.2, -0.15) is 0 Å². The number of nitrogens with zero attached hydrogens (tertiary/aromatic N) is 1. The standard InChI is InChI=1S/C23H30N4O9/c24-14(11-13-5-2-1-3-6-13)20(32)26-16(12-19(30)31)21(33)25-15(8-9-18(28)29)22(34)27-10-4-7-17(27)23(35)36/h1-3,5-6,14-17H,4,7-12,24H2,(H,25,33)(H,26,32)(H,28,29)(H,30,31)(H,35,36). The Morgan fingerprint density at radius 2 is 1.58 bits per heavy atom. The second-order valence-electron chi connectivity index (χ2n) is 8.48. The van der Waals surface area contributed by atoms with Crippen LogP contribution in [0.3, 0.4) is 0 Å². The van der Waals surface area contributed by atoms with Crippen molar-refractivity contribution in [2.24, 2.45) is 5.73 Å². The predicted molar refractivity (Wildman–Crippen MR) is 123 cm³/mol. The van der Waals surface area contributed by atoms with Crippen molar-refractivity contribution in [3.05, 3.63) is 35.9 Å². The molecule has 7 N–H and O–H groups in total. The molecule has 1 saturated heterocycles. The highest BCUT2D eigenvalue weighted by Crippen LogP contribution is 2.20. The van der Waals surface area contributed by atoms with Crippen molar-refractivity contribution in [3.8, 4) is 0 Å². The van der Waals surface area contributed by atoms with Crippen LogP contribution in [0.5, 0.6) is 0 Å². The second-order valence-corrected chi connectivity index (χ2v) is 8.48. The van der Waals surface area contributed by atoms with Gasteiger partial charge in [-0.3, -0.25) is 24.0 Å². The van der Waals surface area contributed by atoms with Gasteiger partial charge in [-0.05, 0) is 31.2 Å². The number of benzene rings is 1. The Labute approximate surface area is 206 Å². The van der Waals surface area contributed by atoms with Crippen LogP contribution in [0.1, 0.15) is 37.7 Å². The van der Waals surface area contributed by atoms with E-state index in [1.54, 1.807) is 30.3 Å². The Bertz CT molecular complexity index is 985. The smallest absolute Gasteiger partial charge is 0.326 e. The first-order chi connectivity index (χ1) is 17.0. The van der Waals surface area contributed by atoms with Gasteiger partial charge in [0.25, 0.3) is 0 Å². The van der Waals surface area contributed by atoms with Gasteiger partial charge >= 0.3 is 17.9 Å². The van der Waals surface area contributed by atoms with Crippen molar-refractivity contribution < 1.29 is 44.1 Å². The Hall–Kier alpha value is -4.00. The van der Waals surface area contributed by atoms with Crippen LogP contribution in [0.25, 0.3) is 0 Å². The van der Waals surface area contributed by atoms with Crippen LogP contribution in [0, 0.1) is 0 Å². The molecular formula is C23H30N4O9. The minimum absolute atomic E-state index is 0.110. The molecule has 196 valence electrons. The first-order valence-electron chi connectivity index (χ1n) is 11.4. The average molecular weight is 507 g/mol. The molecule has 4 atom stereocenters. The van der Waals surface area contributed by atoms with E-state index in [1.807, 2.05) is 0 Å². The van der Waals surface area contributed by atoms with Crippen molar-refractivity contribution in [2.45, 2.75) is 62.7 Å². The van der Waals surface area contributed by atoms with Gasteiger partial charge < -0.3 is 36.6 Å². The number of nitrogens with one attached hydrogen (secondary N) is 2. The maximum Gasteiger partial charge on any atom is 0.326 e. The average Bonchev–Trinajstić information content (AvgIpc) is 3.31. The maximum absolute atomic E-state index is 13.0. The van der Waals surface area contributed by atoms with Gasteiger partial charge in [-0.25, -0.2) is 4.79 Å². The summed E-state index contributed by atoms with van der Waals surface area (Å²) >= 11 is 0. The second kappa shape index (κ2) is 13.2. The zero-order valence-corrected chi connectivity index (χ0v) is 19.5. The number of carbonyl (C=O) groups excluding carboxylic acids is 3. The molecule has 1 aliphatic heterocycles. The molecule has 1 aromatic rings. The minimum Gasteiger partial charge on any atom is -0.481 e. The van der Waals surface area contributed by atoms with Crippen LogP contribution in [0.4, 0.5) is 0 Å². The van der Waals surface area contributed by atoms with Gasteiger partial charge in [0.2, 0.25) is 17.7 Å². The molecule has 0 aliphatic carbocycles. The van der Waals surface area contributed by atoms with E-state index in [0.717, 1.165) is 10.5 Å². The summed E-state index contributed by atoms with van der Waals surface area (Å²) in [4.78, 5) is 73.5. The molecular weight excluding hydrogens is 476 g/mol. The summed E-state index contributed by atoms with van der Waals surface area (Å²) in [6.45, 7) is 0.110. The monoisotopic (exact) mass is 506 g/mol. The van der Waals surface area contributed by atoms with Crippen LogP contribution in [0.2, 0.25) is 0 Å². The third-order valence-electron chi connectivity index (χ3n) is 5.73. The summed E-state index contributed by atoms with van der Waals surface area (Å²) in [5.41, 5.74) is 6.66. The topological polar surface area (TPSA) is 216 Å². The molecule has 1 heterocycles. The zero-order valence-electron chi connectivity index (χ0n) is 19.5. The van der Waals surface area contributed by atoms with E-state index in [1.165, 1.54) is 0 Å². The maximum atomic E-state index is 13.0. The van der Waals surface area contributed by atoms with Crippen LogP contribution < -0.4 is 16.4 Å². The van der Waals surface area contributed by atoms with Crippen molar-refractivity contribution in [1.29, 1.82) is 0 Å². The van der Waals surface area contributed by atoms with Gasteiger partial charge in [-0.1, -0.05) is 30.3 Å². The number of nitrogens with two attached hydrogens (primary N) is 1. The molecule has 1 aromatic carbocycles. The van der Waals surface area contributed by atoms with Crippen LogP contribution in [-0.4, -0.2) is 86.6 Å². The van der Waals surface area contributed by atoms with E-state index >= 15 is 0 Å². The molecule has 36 heavy (non-hydrogen) atoms. The third kappa shape index (κ3) is 8.34. The molecule has 0 saturated carbocycles. The molecule has 1 fully saturated rings. The van der Waals surface area contributed by atoms with Crippen molar-refractivity contribution >= 4 is 35.6 Å². The number of hydrogen-bond acceptors (Lipinski definition) is 7. The SMILES string of the molecule is NC(Cc1ccccc1)C(=O)NC(CC(=O)O)C(=O)NC(CCC(=O)O)C(=O)N1CCCC1C(=O)O. The Kier molecular flexibility index (Phi) is 10.3. The summed E-state index contributed by atoms with van der Waals surface area (Å²) < 4.78 is 0. The van der Waals surface area contributed by atoms with Crippen LogP contribution in [0.15, 0.2) is 30.3 Å². The van der Waals surface area contributed by atoms with Gasteiger partial charge in [-0.15, -0.1) is 0 Å². The number of aliphatic carboxylic acids is 3. The fraction of sp³-hybridized carbons (Fsp3) is 0.478. The number of rotatable bonds is 13. The van der Waals surface area contributed by atoms with Gasteiger partial charge in [0.05, 0.1) is 12.5 Å². The largest absolute Gasteiger partial charge is 0.481 e. The lowest BCUT2D eigenvalue weighted by Crippen LogP contribution is -2.57. The first kappa shape index (κ1) is 28.2. The summed E-state index contributed by atoms with van der Waals surface area (Å²) in [5, 5.41) is 32.2. The van der Waals surface area contributed by atoms with Crippen molar-refractivity contribution in [2.75, 3.05) is 6.54 Å². The molecule has 13 nitrogen and oxygen atoms in total. The van der Waals surface area contributed by atoms with Gasteiger partial charge in [0.1, 0.15) is 18.1 Å². The fourth-order valence-electron chi connectivity index (χ4n) is 3.91. The summed E-state index contributed by atoms with van der Waals surface area (Å²) in [5.74, 6) is -6.51. The van der Waals surface area contributed by atoms with Crippen LogP contribution in [-0.2, 0) is 35.2 Å². The molecule has 2 rings (SSSR count). The van der Waals surface area contributed by atoms with Crippen LogP contribution >= 0.6 is 0 Å². The van der Waals surface area contributed by atoms with Crippen molar-refractivity contribution in [3.63, 3.8) is 0 Å². The van der Waals surface area contributed by atoms with E-state index in [0.29, 0.717) is 6.42 Å². The Morgan fingerprint density at radius 3 is 2.17 bits per heavy atom. The molecule has 0 bridgehead atoms. The van der Waals surface area contributed by atoms with Gasteiger partial charge in [0, 0.05) is 13.0 Å². The molecule has 4 unspecified atom stereocenters. The lowest BCUT2D eigenvalue weighted by Gasteiger charge is -2.28. The quantitative estimate of drug-likeness (QED) is 0.190. The zero-order chi connectivity index (χ0) is 26.8. The van der Waals surface area contributed by atoms with E-state index in [-0.39, 0.29) is 25.8 Å². The highest BCUT2D eigenvalue weighted by atomic mass is 16.4. The lowest BCUT2D eigenvalue weighted by molar-refractivity contribution is -0.150. The van der Waals surface area contributed by atoms with E-state index in [9.17, 15) is 39.0 Å². The molecule has 0 aromatic heterocycles. The van der Waals surface area contributed by atoms with Crippen molar-refractivity contribution in [1.82, 2.24) is 15.5 Å². The Morgan fingerprint density at radius 1 is 0.944 bits per heavy atom. The first-order valence-corrected chi connectivity index (χ1v) is 11.4. The normalized spacial score (nSPS) is 17.5. The number of carbonyl (C=O) groups is 6. The summed E-state index contributed by atoms with van der Waals surface area (Å²) in [7, 11) is 0. The fourth-order valence-corrected chi connectivity index (χ4v) is 3.91. The summed E-state index contributed by atoms with van der Waals surface area (Å²) in [6, 6.07) is 3.53. The number of carboxylic acids is 3. The minimum atomic E-state index is -1.61. The third-order valence-corrected chi connectivity index (χ3v) is 5.73. The highest BCUT2D eigenvalue weighted by Gasteiger charge is 2.38. The summed E-state index contributed by atoms with van der Waals surface area (Å²) in [6.07, 6.45) is -0.947. The van der Waals surface area contributed by atoms with E-state index < -0.39 is 72.6 Å². The molecule has 1 aliphatic rings. The van der Waals surface area contributed by atoms with Gasteiger partial charge in [0.15, 0.2) is 0 Å². The molecule has 13 heteroatoms. The predicted octanol–water partition coefficient (Wildman–Crippen LogP) is -1.06. The number of amides is 3.